The largest absolute Gasteiger partial charge is 0.460 e. The van der Waals surface area contributed by atoms with Crippen LogP contribution >= 0.6 is 35.1 Å². The van der Waals surface area contributed by atoms with Gasteiger partial charge in [-0.25, -0.2) is 8.42 Å². The van der Waals surface area contributed by atoms with Gasteiger partial charge in [-0.3, -0.25) is 4.90 Å². The molecular weight excluding hydrogens is 472 g/mol. The lowest BCUT2D eigenvalue weighted by Crippen LogP contribution is -2.34. The number of fused-ring (bicyclic) bond motifs is 1. The second-order valence-electron chi connectivity index (χ2n) is 7.44. The Morgan fingerprint density at radius 1 is 0.968 bits per heavy atom. The summed E-state index contributed by atoms with van der Waals surface area (Å²) in [7, 11) is -3.38. The van der Waals surface area contributed by atoms with Gasteiger partial charge in [0.1, 0.15) is 15.6 Å². The molecule has 0 aliphatic carbocycles. The molecule has 0 radical (unpaired) electrons. The van der Waals surface area contributed by atoms with Crippen LogP contribution in [0.2, 0.25) is 0 Å². The first-order chi connectivity index (χ1) is 14.6. The average Bonchev–Trinajstić information content (AvgIpc) is 3.48. The molecule has 0 atom stereocenters. The predicted molar refractivity (Wildman–Crippen MR) is 130 cm³/mol. The number of rotatable bonds is 5. The van der Waals surface area contributed by atoms with Crippen LogP contribution in [0.1, 0.15) is 12.2 Å². The van der Waals surface area contributed by atoms with E-state index in [1.807, 2.05) is 11.4 Å². The maximum atomic E-state index is 12.8. The van der Waals surface area contributed by atoms with Gasteiger partial charge in [-0.05, 0) is 70.6 Å². The smallest absolute Gasteiger partial charge is 0.252 e. The molecule has 5 nitrogen and oxygen atoms in total. The molecule has 0 bridgehead atoms. The van der Waals surface area contributed by atoms with Gasteiger partial charge >= 0.3 is 0 Å². The van der Waals surface area contributed by atoms with Crippen molar-refractivity contribution < 1.29 is 12.8 Å². The fourth-order valence-electron chi connectivity index (χ4n) is 3.89. The Bertz CT molecular complexity index is 1230. The highest BCUT2D eigenvalue weighted by Gasteiger charge is 2.27. The van der Waals surface area contributed by atoms with Crippen molar-refractivity contribution in [1.29, 1.82) is 0 Å². The standard InChI is InChI=1S/C22H22N2O3S3.ClH/c25-30(26,22-3-1-11-29-22)24-8-2-7-23(9-10-24)15-20-14-19-13-17(4-5-21(19)27-20)18-6-12-28-16-18;/h1,3-6,11-14,16H,2,7-10,15H2;1H. The van der Waals surface area contributed by atoms with E-state index in [2.05, 4.69) is 39.9 Å². The number of halogens is 1. The lowest BCUT2D eigenvalue weighted by atomic mass is 10.1. The zero-order chi connectivity index (χ0) is 20.6. The number of benzene rings is 1. The van der Waals surface area contributed by atoms with E-state index < -0.39 is 10.0 Å². The second kappa shape index (κ2) is 9.44. The van der Waals surface area contributed by atoms with Crippen molar-refractivity contribution in [3.8, 4) is 11.1 Å². The van der Waals surface area contributed by atoms with Gasteiger partial charge in [0.05, 0.1) is 6.54 Å². The number of thiophene rings is 2. The van der Waals surface area contributed by atoms with Gasteiger partial charge in [-0.2, -0.15) is 15.6 Å². The Morgan fingerprint density at radius 2 is 1.87 bits per heavy atom. The average molecular weight is 495 g/mol. The lowest BCUT2D eigenvalue weighted by molar-refractivity contribution is 0.258. The molecule has 5 rings (SSSR count). The molecule has 9 heteroatoms. The Hall–Kier alpha value is -1.68. The first-order valence-electron chi connectivity index (χ1n) is 9.91. The zero-order valence-electron chi connectivity index (χ0n) is 16.8. The van der Waals surface area contributed by atoms with Gasteiger partial charge in [0.25, 0.3) is 10.0 Å². The van der Waals surface area contributed by atoms with Gasteiger partial charge in [-0.15, -0.1) is 23.7 Å². The van der Waals surface area contributed by atoms with E-state index in [9.17, 15) is 8.42 Å². The van der Waals surface area contributed by atoms with Crippen LogP contribution in [0, 0.1) is 0 Å². The third-order valence-electron chi connectivity index (χ3n) is 5.44. The highest BCUT2D eigenvalue weighted by Crippen LogP contribution is 2.29. The normalized spacial score (nSPS) is 16.3. The Labute approximate surface area is 196 Å². The topological polar surface area (TPSA) is 53.8 Å². The van der Waals surface area contributed by atoms with Gasteiger partial charge in [-0.1, -0.05) is 12.1 Å². The molecule has 0 unspecified atom stereocenters. The molecule has 31 heavy (non-hydrogen) atoms. The van der Waals surface area contributed by atoms with E-state index in [1.165, 1.54) is 22.5 Å². The fraction of sp³-hybridized carbons (Fsp3) is 0.273. The third-order valence-corrected chi connectivity index (χ3v) is 9.39. The number of sulfonamides is 1. The van der Waals surface area contributed by atoms with Crippen molar-refractivity contribution in [2.45, 2.75) is 17.2 Å². The minimum Gasteiger partial charge on any atom is -0.460 e. The molecule has 1 aromatic carbocycles. The number of furan rings is 1. The van der Waals surface area contributed by atoms with Gasteiger partial charge in [0.2, 0.25) is 0 Å². The van der Waals surface area contributed by atoms with Crippen molar-refractivity contribution in [3.05, 3.63) is 64.4 Å². The summed E-state index contributed by atoms with van der Waals surface area (Å²) in [5.74, 6) is 0.919. The van der Waals surface area contributed by atoms with E-state index >= 15 is 0 Å². The molecule has 4 aromatic rings. The summed E-state index contributed by atoms with van der Waals surface area (Å²) in [6.45, 7) is 3.30. The summed E-state index contributed by atoms with van der Waals surface area (Å²) in [5, 5.41) is 7.14. The molecule has 0 saturated carbocycles. The van der Waals surface area contributed by atoms with Crippen LogP contribution < -0.4 is 0 Å². The Kier molecular flexibility index (Phi) is 6.86. The molecule has 0 spiro atoms. The molecule has 4 heterocycles. The molecular formula is C22H23ClN2O3S3. The maximum Gasteiger partial charge on any atom is 0.252 e. The molecule has 1 fully saturated rings. The number of hydrogen-bond donors (Lipinski definition) is 0. The van der Waals surface area contributed by atoms with Crippen LogP contribution in [-0.4, -0.2) is 43.8 Å². The van der Waals surface area contributed by atoms with E-state index in [-0.39, 0.29) is 12.4 Å². The number of hydrogen-bond acceptors (Lipinski definition) is 6. The van der Waals surface area contributed by atoms with Crippen LogP contribution in [0.15, 0.2) is 67.2 Å². The molecule has 0 amide bonds. The van der Waals surface area contributed by atoms with Gasteiger partial charge in [0, 0.05) is 25.0 Å². The Morgan fingerprint density at radius 3 is 2.65 bits per heavy atom. The van der Waals surface area contributed by atoms with Crippen molar-refractivity contribution in [1.82, 2.24) is 9.21 Å². The van der Waals surface area contributed by atoms with Crippen LogP contribution in [0.3, 0.4) is 0 Å². The minimum absolute atomic E-state index is 0. The summed E-state index contributed by atoms with van der Waals surface area (Å²) in [6, 6.07) is 14.0. The highest BCUT2D eigenvalue weighted by molar-refractivity contribution is 7.91. The molecule has 0 N–H and O–H groups in total. The van der Waals surface area contributed by atoms with Crippen LogP contribution in [0.4, 0.5) is 0 Å². The summed E-state index contributed by atoms with van der Waals surface area (Å²) < 4.78 is 33.7. The molecule has 1 aliphatic rings. The number of nitrogens with zero attached hydrogens (tertiary/aromatic N) is 2. The maximum absolute atomic E-state index is 12.8. The van der Waals surface area contributed by atoms with Crippen molar-refractivity contribution in [3.63, 3.8) is 0 Å². The first-order valence-corrected chi connectivity index (χ1v) is 13.2. The second-order valence-corrected chi connectivity index (χ2v) is 11.3. The van der Waals surface area contributed by atoms with Gasteiger partial charge in [0.15, 0.2) is 0 Å². The molecule has 1 saturated heterocycles. The Balaban J connectivity index is 0.00000231. The van der Waals surface area contributed by atoms with Crippen molar-refractivity contribution >= 4 is 56.1 Å². The molecule has 164 valence electrons. The van der Waals surface area contributed by atoms with Crippen molar-refractivity contribution in [2.24, 2.45) is 0 Å². The summed E-state index contributed by atoms with van der Waals surface area (Å²) in [6.07, 6.45) is 0.813. The highest BCUT2D eigenvalue weighted by atomic mass is 35.5. The van der Waals surface area contributed by atoms with E-state index in [1.54, 1.807) is 27.8 Å². The third kappa shape index (κ3) is 4.74. The summed E-state index contributed by atoms with van der Waals surface area (Å²) >= 11 is 2.97. The first kappa shape index (κ1) is 22.5. The lowest BCUT2D eigenvalue weighted by Gasteiger charge is -2.20. The zero-order valence-corrected chi connectivity index (χ0v) is 20.0. The quantitative estimate of drug-likeness (QED) is 0.365. The monoisotopic (exact) mass is 494 g/mol. The van der Waals surface area contributed by atoms with E-state index in [0.29, 0.717) is 30.4 Å². The van der Waals surface area contributed by atoms with Crippen LogP contribution in [-0.2, 0) is 16.6 Å². The van der Waals surface area contributed by atoms with E-state index in [4.69, 9.17) is 4.42 Å². The summed E-state index contributed by atoms with van der Waals surface area (Å²) in [4.78, 5) is 2.28. The van der Waals surface area contributed by atoms with Crippen LogP contribution in [0.5, 0.6) is 0 Å². The summed E-state index contributed by atoms with van der Waals surface area (Å²) in [5.41, 5.74) is 3.31. The van der Waals surface area contributed by atoms with Crippen molar-refractivity contribution in [2.75, 3.05) is 26.2 Å². The molecule has 1 aliphatic heterocycles. The fourth-order valence-corrected chi connectivity index (χ4v) is 7.17. The van der Waals surface area contributed by atoms with Crippen LogP contribution in [0.25, 0.3) is 22.1 Å². The van der Waals surface area contributed by atoms with E-state index in [0.717, 1.165) is 29.7 Å². The minimum atomic E-state index is -3.38. The molecule has 3 aromatic heterocycles. The SMILES string of the molecule is Cl.O=S(=O)(c1cccs1)N1CCCN(Cc2cc3cc(-c4ccsc4)ccc3o2)CC1. The predicted octanol–water partition coefficient (Wildman–Crippen LogP) is 5.54. The van der Waals surface area contributed by atoms with Gasteiger partial charge < -0.3 is 4.42 Å².